The Morgan fingerprint density at radius 3 is 2.48 bits per heavy atom. The van der Waals surface area contributed by atoms with Gasteiger partial charge in [-0.05, 0) is 81.0 Å². The third-order valence-electron chi connectivity index (χ3n) is 7.37. The van der Waals surface area contributed by atoms with Gasteiger partial charge in [0.05, 0.1) is 11.5 Å². The Labute approximate surface area is 131 Å². The van der Waals surface area contributed by atoms with Gasteiger partial charge in [0.1, 0.15) is 0 Å². The molecule has 0 spiro atoms. The van der Waals surface area contributed by atoms with Gasteiger partial charge in [-0.25, -0.2) is 0 Å². The first-order valence-corrected chi connectivity index (χ1v) is 9.62. The number of fused-ring (bicyclic) bond motifs is 3. The third-order valence-corrected chi connectivity index (χ3v) is 7.37. The molecule has 3 rings (SSSR count). The van der Waals surface area contributed by atoms with Crippen LogP contribution in [0, 0.1) is 46.3 Å². The molecule has 1 heteroatoms. The Morgan fingerprint density at radius 2 is 1.76 bits per heavy atom. The van der Waals surface area contributed by atoms with Crippen molar-refractivity contribution in [2.75, 3.05) is 0 Å². The van der Waals surface area contributed by atoms with Crippen LogP contribution in [0.1, 0.15) is 84.5 Å². The van der Waals surface area contributed by atoms with Crippen LogP contribution in [0.5, 0.6) is 0 Å². The molecule has 0 amide bonds. The van der Waals surface area contributed by atoms with Gasteiger partial charge in [-0.2, -0.15) is 5.26 Å². The first-order valence-electron chi connectivity index (χ1n) is 9.62. The van der Waals surface area contributed by atoms with Gasteiger partial charge in [-0.15, -0.1) is 0 Å². The zero-order valence-electron chi connectivity index (χ0n) is 14.1. The van der Waals surface area contributed by atoms with Crippen molar-refractivity contribution in [1.29, 1.82) is 5.26 Å². The minimum atomic E-state index is 0.0450. The highest BCUT2D eigenvalue weighted by Crippen LogP contribution is 2.56. The van der Waals surface area contributed by atoms with Crippen molar-refractivity contribution in [3.63, 3.8) is 0 Å². The Bertz CT molecular complexity index is 395. The number of nitriles is 1. The summed E-state index contributed by atoms with van der Waals surface area (Å²) in [6.07, 6.45) is 14.9. The van der Waals surface area contributed by atoms with Crippen LogP contribution in [0.25, 0.3) is 0 Å². The lowest BCUT2D eigenvalue weighted by Gasteiger charge is -2.52. The summed E-state index contributed by atoms with van der Waals surface area (Å²) in [6.45, 7) is 4.62. The van der Waals surface area contributed by atoms with Crippen molar-refractivity contribution in [3.8, 4) is 6.07 Å². The van der Waals surface area contributed by atoms with Crippen molar-refractivity contribution in [3.05, 3.63) is 0 Å². The van der Waals surface area contributed by atoms with E-state index in [0.29, 0.717) is 0 Å². The monoisotopic (exact) mass is 287 g/mol. The topological polar surface area (TPSA) is 23.8 Å². The minimum Gasteiger partial charge on any atom is -0.198 e. The molecule has 3 aliphatic carbocycles. The van der Waals surface area contributed by atoms with Gasteiger partial charge in [-0.3, -0.25) is 0 Å². The first kappa shape index (κ1) is 15.4. The van der Waals surface area contributed by atoms with Gasteiger partial charge in [0, 0.05) is 0 Å². The van der Waals surface area contributed by atoms with E-state index in [1.807, 2.05) is 0 Å². The van der Waals surface area contributed by atoms with E-state index in [2.05, 4.69) is 19.9 Å². The van der Waals surface area contributed by atoms with Gasteiger partial charge in [-0.1, -0.05) is 33.1 Å². The van der Waals surface area contributed by atoms with E-state index >= 15 is 0 Å². The second kappa shape index (κ2) is 6.31. The highest BCUT2D eigenvalue weighted by atomic mass is 14.5. The summed E-state index contributed by atoms with van der Waals surface area (Å²) in [4.78, 5) is 0. The van der Waals surface area contributed by atoms with Gasteiger partial charge in [0.25, 0.3) is 0 Å². The fraction of sp³-hybridized carbons (Fsp3) is 0.950. The summed E-state index contributed by atoms with van der Waals surface area (Å²) in [5, 5.41) is 9.71. The van der Waals surface area contributed by atoms with E-state index in [4.69, 9.17) is 0 Å². The first-order chi connectivity index (χ1) is 10.2. The third kappa shape index (κ3) is 2.88. The molecule has 3 fully saturated rings. The molecule has 3 aliphatic rings. The average Bonchev–Trinajstić information content (AvgIpc) is 2.54. The van der Waals surface area contributed by atoms with E-state index in [1.165, 1.54) is 64.2 Å². The van der Waals surface area contributed by atoms with E-state index in [-0.39, 0.29) is 5.41 Å². The van der Waals surface area contributed by atoms with Crippen LogP contribution in [0.15, 0.2) is 0 Å². The van der Waals surface area contributed by atoms with Crippen LogP contribution >= 0.6 is 0 Å². The molecule has 0 aromatic rings. The number of nitrogens with zero attached hydrogens (tertiary/aromatic N) is 1. The molecule has 21 heavy (non-hydrogen) atoms. The molecule has 118 valence electrons. The van der Waals surface area contributed by atoms with Gasteiger partial charge >= 0.3 is 0 Å². The SMILES string of the molecule is CCCC1(C#N)CCC2C(CCC3CC(CC)CCC32)C1. The largest absolute Gasteiger partial charge is 0.198 e. The van der Waals surface area contributed by atoms with Crippen molar-refractivity contribution < 1.29 is 0 Å². The second-order valence-electron chi connectivity index (χ2n) is 8.40. The minimum absolute atomic E-state index is 0.0450. The van der Waals surface area contributed by atoms with Crippen LogP contribution in [0.3, 0.4) is 0 Å². The molecule has 6 atom stereocenters. The Balaban J connectivity index is 1.68. The van der Waals surface area contributed by atoms with E-state index in [1.54, 1.807) is 0 Å². The molecule has 0 heterocycles. The number of hydrogen-bond donors (Lipinski definition) is 0. The Kier molecular flexibility index (Phi) is 4.63. The Hall–Kier alpha value is -0.510. The van der Waals surface area contributed by atoms with Crippen molar-refractivity contribution in [2.45, 2.75) is 84.5 Å². The molecule has 0 bridgehead atoms. The van der Waals surface area contributed by atoms with Crippen molar-refractivity contribution in [1.82, 2.24) is 0 Å². The summed E-state index contributed by atoms with van der Waals surface area (Å²) in [5.74, 6) is 4.92. The fourth-order valence-corrected chi connectivity index (χ4v) is 6.26. The predicted octanol–water partition coefficient (Wildman–Crippen LogP) is 5.95. The lowest BCUT2D eigenvalue weighted by Crippen LogP contribution is -2.43. The predicted molar refractivity (Wildman–Crippen MR) is 87.6 cm³/mol. The highest BCUT2D eigenvalue weighted by Gasteiger charge is 2.48. The van der Waals surface area contributed by atoms with Crippen LogP contribution < -0.4 is 0 Å². The van der Waals surface area contributed by atoms with Crippen LogP contribution in [0.4, 0.5) is 0 Å². The number of rotatable bonds is 3. The summed E-state index contributed by atoms with van der Waals surface area (Å²) < 4.78 is 0. The molecule has 0 aliphatic heterocycles. The molecule has 0 N–H and O–H groups in total. The lowest BCUT2D eigenvalue weighted by atomic mass is 9.52. The molecule has 0 saturated heterocycles. The van der Waals surface area contributed by atoms with Gasteiger partial charge in [0.15, 0.2) is 0 Å². The van der Waals surface area contributed by atoms with Gasteiger partial charge < -0.3 is 0 Å². The maximum Gasteiger partial charge on any atom is 0.0689 e. The molecule has 0 aromatic heterocycles. The normalized spacial score (nSPS) is 46.2. The molecular weight excluding hydrogens is 254 g/mol. The van der Waals surface area contributed by atoms with Gasteiger partial charge in [0.2, 0.25) is 0 Å². The van der Waals surface area contributed by atoms with E-state index < -0.39 is 0 Å². The molecule has 0 aromatic carbocycles. The summed E-state index contributed by atoms with van der Waals surface area (Å²) in [5.41, 5.74) is 0.0450. The maximum absolute atomic E-state index is 9.71. The van der Waals surface area contributed by atoms with E-state index in [0.717, 1.165) is 36.0 Å². The van der Waals surface area contributed by atoms with Crippen LogP contribution in [0.2, 0.25) is 0 Å². The summed E-state index contributed by atoms with van der Waals surface area (Å²) in [7, 11) is 0. The zero-order valence-corrected chi connectivity index (χ0v) is 14.1. The molecule has 6 unspecified atom stereocenters. The molecule has 1 nitrogen and oxygen atoms in total. The standard InChI is InChI=1S/C20H33N/c1-3-10-20(14-21)11-9-19-17(13-20)7-6-16-12-15(4-2)5-8-18(16)19/h15-19H,3-13H2,1-2H3. The van der Waals surface area contributed by atoms with E-state index in [9.17, 15) is 5.26 Å². The highest BCUT2D eigenvalue weighted by molar-refractivity contribution is 5.06. The smallest absolute Gasteiger partial charge is 0.0689 e. The lowest BCUT2D eigenvalue weighted by molar-refractivity contribution is -0.0171. The summed E-state index contributed by atoms with van der Waals surface area (Å²) >= 11 is 0. The molecular formula is C20H33N. The molecule has 3 saturated carbocycles. The van der Waals surface area contributed by atoms with Crippen LogP contribution in [-0.2, 0) is 0 Å². The molecule has 0 radical (unpaired) electrons. The Morgan fingerprint density at radius 1 is 1.00 bits per heavy atom. The zero-order chi connectivity index (χ0) is 14.9. The fourth-order valence-electron chi connectivity index (χ4n) is 6.26. The summed E-state index contributed by atoms with van der Waals surface area (Å²) in [6, 6.07) is 2.74. The number of hydrogen-bond acceptors (Lipinski definition) is 1. The van der Waals surface area contributed by atoms with Crippen LogP contribution in [-0.4, -0.2) is 0 Å². The maximum atomic E-state index is 9.71. The van der Waals surface area contributed by atoms with Crippen molar-refractivity contribution in [2.24, 2.45) is 35.0 Å². The van der Waals surface area contributed by atoms with Crippen molar-refractivity contribution >= 4 is 0 Å². The quantitative estimate of drug-likeness (QED) is 0.629. The second-order valence-corrected chi connectivity index (χ2v) is 8.40. The average molecular weight is 287 g/mol.